The van der Waals surface area contributed by atoms with Crippen molar-refractivity contribution in [1.29, 1.82) is 0 Å². The number of aliphatic hydroxyl groups excluding tert-OH is 1. The average molecular weight is 245 g/mol. The Kier molecular flexibility index (Phi) is 3.79. The summed E-state index contributed by atoms with van der Waals surface area (Å²) in [6, 6.07) is 9.92. The normalized spacial score (nSPS) is 12.7. The van der Waals surface area contributed by atoms with Crippen LogP contribution in [0.25, 0.3) is 11.4 Å². The van der Waals surface area contributed by atoms with Gasteiger partial charge >= 0.3 is 0 Å². The second-order valence-electron chi connectivity index (χ2n) is 4.34. The van der Waals surface area contributed by atoms with Gasteiger partial charge in [0.05, 0.1) is 24.2 Å². The molecule has 4 nitrogen and oxygen atoms in total. The molecule has 4 heteroatoms. The minimum Gasteiger partial charge on any atom is -0.390 e. The highest BCUT2D eigenvalue weighted by Crippen LogP contribution is 2.25. The van der Waals surface area contributed by atoms with E-state index < -0.39 is 0 Å². The molecule has 0 saturated carbocycles. The van der Waals surface area contributed by atoms with Gasteiger partial charge in [-0.25, -0.2) is 4.98 Å². The van der Waals surface area contributed by atoms with Crippen LogP contribution in [0.1, 0.15) is 30.9 Å². The Morgan fingerprint density at radius 1 is 1.33 bits per heavy atom. The molecule has 0 spiro atoms. The molecular weight excluding hydrogens is 226 g/mol. The first-order chi connectivity index (χ1) is 8.69. The van der Waals surface area contributed by atoms with Gasteiger partial charge in [0.1, 0.15) is 5.82 Å². The Morgan fingerprint density at radius 2 is 2.00 bits per heavy atom. The van der Waals surface area contributed by atoms with E-state index >= 15 is 0 Å². The van der Waals surface area contributed by atoms with Crippen LogP contribution in [0.5, 0.6) is 0 Å². The predicted molar refractivity (Wildman–Crippen MR) is 71.8 cm³/mol. The summed E-state index contributed by atoms with van der Waals surface area (Å²) in [6.45, 7) is 3.88. The van der Waals surface area contributed by atoms with Gasteiger partial charge < -0.3 is 15.4 Å². The summed E-state index contributed by atoms with van der Waals surface area (Å²) in [6.07, 6.45) is 0.631. The molecule has 2 rings (SSSR count). The van der Waals surface area contributed by atoms with Crippen LogP contribution in [0.2, 0.25) is 0 Å². The van der Waals surface area contributed by atoms with Crippen LogP contribution >= 0.6 is 0 Å². The fourth-order valence-corrected chi connectivity index (χ4v) is 2.10. The van der Waals surface area contributed by atoms with Crippen LogP contribution in [0.4, 0.5) is 0 Å². The lowest BCUT2D eigenvalue weighted by molar-refractivity contribution is 0.265. The molecule has 1 aromatic carbocycles. The largest absolute Gasteiger partial charge is 0.390 e. The number of aromatic nitrogens is 2. The topological polar surface area (TPSA) is 64.1 Å². The highest BCUT2D eigenvalue weighted by molar-refractivity contribution is 5.57. The highest BCUT2D eigenvalue weighted by Gasteiger charge is 2.18. The van der Waals surface area contributed by atoms with Crippen LogP contribution in [-0.2, 0) is 6.61 Å². The number of benzene rings is 1. The minimum atomic E-state index is -0.163. The number of nitrogens with two attached hydrogens (primary N) is 1. The molecule has 18 heavy (non-hydrogen) atoms. The summed E-state index contributed by atoms with van der Waals surface area (Å²) in [7, 11) is 0. The molecule has 3 N–H and O–H groups in total. The maximum absolute atomic E-state index is 9.49. The maximum Gasteiger partial charge on any atom is 0.141 e. The Balaban J connectivity index is 2.60. The molecule has 0 fully saturated rings. The molecule has 1 heterocycles. The number of nitrogens with zero attached hydrogens (tertiary/aromatic N) is 2. The number of rotatable bonds is 4. The van der Waals surface area contributed by atoms with Gasteiger partial charge in [0, 0.05) is 5.56 Å². The first-order valence-electron chi connectivity index (χ1n) is 6.18. The van der Waals surface area contributed by atoms with Gasteiger partial charge in [-0.15, -0.1) is 0 Å². The van der Waals surface area contributed by atoms with Crippen molar-refractivity contribution in [2.75, 3.05) is 0 Å². The third-order valence-corrected chi connectivity index (χ3v) is 3.14. The number of aryl methyl sites for hydroxylation is 1. The summed E-state index contributed by atoms with van der Waals surface area (Å²) in [5.74, 6) is 0.825. The first kappa shape index (κ1) is 12.8. The van der Waals surface area contributed by atoms with Crippen molar-refractivity contribution in [3.05, 3.63) is 41.7 Å². The molecule has 0 aliphatic carbocycles. The SMILES string of the molecule is CCC(N)n1c(-c2ccccc2)nc(C)c1CO. The van der Waals surface area contributed by atoms with Crippen molar-refractivity contribution in [3.63, 3.8) is 0 Å². The van der Waals surface area contributed by atoms with E-state index in [2.05, 4.69) is 4.98 Å². The summed E-state index contributed by atoms with van der Waals surface area (Å²) >= 11 is 0. The van der Waals surface area contributed by atoms with Gasteiger partial charge in [-0.2, -0.15) is 0 Å². The zero-order chi connectivity index (χ0) is 13.1. The zero-order valence-corrected chi connectivity index (χ0v) is 10.8. The van der Waals surface area contributed by atoms with Crippen LogP contribution < -0.4 is 5.73 Å². The summed E-state index contributed by atoms with van der Waals surface area (Å²) in [5, 5.41) is 9.49. The lowest BCUT2D eigenvalue weighted by atomic mass is 10.2. The van der Waals surface area contributed by atoms with Crippen molar-refractivity contribution in [1.82, 2.24) is 9.55 Å². The van der Waals surface area contributed by atoms with Crippen LogP contribution in [0.15, 0.2) is 30.3 Å². The Bertz CT molecular complexity index is 519. The Morgan fingerprint density at radius 3 is 2.56 bits per heavy atom. The van der Waals surface area contributed by atoms with E-state index in [0.717, 1.165) is 29.2 Å². The van der Waals surface area contributed by atoms with Crippen LogP contribution in [0.3, 0.4) is 0 Å². The number of imidazole rings is 1. The predicted octanol–water partition coefficient (Wildman–Crippen LogP) is 2.22. The molecule has 1 unspecified atom stereocenters. The van der Waals surface area contributed by atoms with E-state index in [9.17, 15) is 5.11 Å². The number of aliphatic hydroxyl groups is 1. The zero-order valence-electron chi connectivity index (χ0n) is 10.8. The van der Waals surface area contributed by atoms with Crippen molar-refractivity contribution in [2.24, 2.45) is 5.73 Å². The molecule has 1 atom stereocenters. The van der Waals surface area contributed by atoms with Gasteiger partial charge in [0.2, 0.25) is 0 Å². The molecule has 0 saturated heterocycles. The lowest BCUT2D eigenvalue weighted by Gasteiger charge is -2.17. The Labute approximate surface area is 107 Å². The molecule has 0 aliphatic rings. The summed E-state index contributed by atoms with van der Waals surface area (Å²) < 4.78 is 1.94. The standard InChI is InChI=1S/C14H19N3O/c1-3-13(15)17-12(9-18)10(2)16-14(17)11-7-5-4-6-8-11/h4-8,13,18H,3,9,15H2,1-2H3. The van der Waals surface area contributed by atoms with Gasteiger partial charge in [-0.05, 0) is 13.3 Å². The van der Waals surface area contributed by atoms with E-state index in [0.29, 0.717) is 0 Å². The second-order valence-corrected chi connectivity index (χ2v) is 4.34. The van der Waals surface area contributed by atoms with Crippen molar-refractivity contribution in [3.8, 4) is 11.4 Å². The fourth-order valence-electron chi connectivity index (χ4n) is 2.10. The van der Waals surface area contributed by atoms with E-state index in [1.807, 2.05) is 48.7 Å². The molecule has 0 amide bonds. The average Bonchev–Trinajstić information content (AvgIpc) is 2.75. The van der Waals surface area contributed by atoms with Crippen molar-refractivity contribution in [2.45, 2.75) is 33.0 Å². The van der Waals surface area contributed by atoms with Crippen molar-refractivity contribution >= 4 is 0 Å². The number of hydrogen-bond acceptors (Lipinski definition) is 3. The van der Waals surface area contributed by atoms with Gasteiger partial charge in [0.25, 0.3) is 0 Å². The highest BCUT2D eigenvalue weighted by atomic mass is 16.3. The minimum absolute atomic E-state index is 0.0423. The molecule has 0 bridgehead atoms. The first-order valence-corrected chi connectivity index (χ1v) is 6.18. The van der Waals surface area contributed by atoms with Crippen LogP contribution in [-0.4, -0.2) is 14.7 Å². The van der Waals surface area contributed by atoms with Gasteiger partial charge in [0.15, 0.2) is 0 Å². The maximum atomic E-state index is 9.49. The smallest absolute Gasteiger partial charge is 0.141 e. The molecular formula is C14H19N3O. The van der Waals surface area contributed by atoms with E-state index in [4.69, 9.17) is 5.73 Å². The van der Waals surface area contributed by atoms with E-state index in [1.54, 1.807) is 0 Å². The van der Waals surface area contributed by atoms with E-state index in [-0.39, 0.29) is 12.8 Å². The summed E-state index contributed by atoms with van der Waals surface area (Å²) in [4.78, 5) is 4.54. The van der Waals surface area contributed by atoms with Gasteiger partial charge in [-0.3, -0.25) is 0 Å². The molecule has 0 aliphatic heterocycles. The fraction of sp³-hybridized carbons (Fsp3) is 0.357. The summed E-state index contributed by atoms with van der Waals surface area (Å²) in [5.41, 5.74) is 8.78. The van der Waals surface area contributed by atoms with Crippen molar-refractivity contribution < 1.29 is 5.11 Å². The molecule has 1 aromatic heterocycles. The van der Waals surface area contributed by atoms with Gasteiger partial charge in [-0.1, -0.05) is 37.3 Å². The molecule has 2 aromatic rings. The monoisotopic (exact) mass is 245 g/mol. The van der Waals surface area contributed by atoms with E-state index in [1.165, 1.54) is 0 Å². The quantitative estimate of drug-likeness (QED) is 0.868. The molecule has 96 valence electrons. The third-order valence-electron chi connectivity index (χ3n) is 3.14. The Hall–Kier alpha value is -1.65. The molecule has 0 radical (unpaired) electrons. The van der Waals surface area contributed by atoms with Crippen LogP contribution in [0, 0.1) is 6.92 Å². The third kappa shape index (κ3) is 2.17. The lowest BCUT2D eigenvalue weighted by Crippen LogP contribution is -2.21. The number of hydrogen-bond donors (Lipinski definition) is 2. The second kappa shape index (κ2) is 5.33.